The Labute approximate surface area is 118 Å². The number of rotatable bonds is 3. The zero-order chi connectivity index (χ0) is 15.6. The van der Waals surface area contributed by atoms with Crippen LogP contribution in [0.25, 0.3) is 0 Å². The monoisotopic (exact) mass is 297 g/mol. The van der Waals surface area contributed by atoms with Gasteiger partial charge in [-0.3, -0.25) is 5.43 Å². The van der Waals surface area contributed by atoms with Gasteiger partial charge in [0.1, 0.15) is 5.69 Å². The lowest BCUT2D eigenvalue weighted by Crippen LogP contribution is -2.06. The van der Waals surface area contributed by atoms with Crippen molar-refractivity contribution in [2.24, 2.45) is 5.10 Å². The quantitative estimate of drug-likeness (QED) is 0.406. The van der Waals surface area contributed by atoms with Crippen molar-refractivity contribution in [2.75, 3.05) is 5.43 Å². The summed E-state index contributed by atoms with van der Waals surface area (Å²) in [5, 5.41) is 3.59. The molecule has 0 fully saturated rings. The average molecular weight is 297 g/mol. The van der Waals surface area contributed by atoms with Gasteiger partial charge in [0.05, 0.1) is 6.21 Å². The third kappa shape index (κ3) is 3.18. The van der Waals surface area contributed by atoms with Gasteiger partial charge < -0.3 is 0 Å². The average Bonchev–Trinajstić information content (AvgIpc) is 2.42. The van der Waals surface area contributed by atoms with Crippen LogP contribution in [0.3, 0.4) is 0 Å². The first kappa shape index (κ1) is 15.0. The molecule has 0 spiro atoms. The Morgan fingerprint density at radius 1 is 1.05 bits per heavy atom. The maximum Gasteiger partial charge on any atom is 0.254 e. The summed E-state index contributed by atoms with van der Waals surface area (Å²) in [5.41, 5.74) is 3.57. The van der Waals surface area contributed by atoms with Gasteiger partial charge in [0.2, 0.25) is 11.6 Å². The lowest BCUT2D eigenvalue weighted by molar-refractivity contribution is 0.411. The van der Waals surface area contributed by atoms with E-state index in [9.17, 15) is 17.6 Å². The molecule has 0 aliphatic heterocycles. The Kier molecular flexibility index (Phi) is 4.21. The molecule has 3 nitrogen and oxygen atoms in total. The minimum atomic E-state index is -1.74. The van der Waals surface area contributed by atoms with Crippen molar-refractivity contribution in [3.05, 3.63) is 58.4 Å². The molecule has 0 saturated carbocycles. The number of nitrogens with zero attached hydrogens (tertiary/aromatic N) is 2. The second-order valence-electron chi connectivity index (χ2n) is 4.43. The fourth-order valence-corrected chi connectivity index (χ4v) is 1.72. The van der Waals surface area contributed by atoms with E-state index in [-0.39, 0.29) is 0 Å². The number of hydrogen-bond donors (Lipinski definition) is 1. The molecule has 1 N–H and O–H groups in total. The zero-order valence-electron chi connectivity index (χ0n) is 11.2. The molecule has 0 saturated heterocycles. The first-order valence-electron chi connectivity index (χ1n) is 5.96. The van der Waals surface area contributed by atoms with Crippen LogP contribution < -0.4 is 5.43 Å². The fraction of sp³-hybridized carbons (Fsp3) is 0.143. The molecule has 1 heterocycles. The molecule has 0 atom stereocenters. The van der Waals surface area contributed by atoms with Gasteiger partial charge in [-0.15, -0.1) is 0 Å². The Bertz CT molecular complexity index is 688. The number of hydrogen-bond acceptors (Lipinski definition) is 3. The van der Waals surface area contributed by atoms with E-state index in [1.807, 2.05) is 31.4 Å². The molecule has 21 heavy (non-hydrogen) atoms. The van der Waals surface area contributed by atoms with Crippen molar-refractivity contribution in [2.45, 2.75) is 13.8 Å². The molecule has 1 aromatic carbocycles. The molecular weight excluding hydrogens is 286 g/mol. The highest BCUT2D eigenvalue weighted by Gasteiger charge is 2.20. The Hall–Kier alpha value is -2.44. The van der Waals surface area contributed by atoms with E-state index in [1.165, 1.54) is 6.21 Å². The minimum Gasteiger partial charge on any atom is -0.272 e. The van der Waals surface area contributed by atoms with Crippen molar-refractivity contribution < 1.29 is 17.6 Å². The number of halogens is 4. The third-order valence-electron chi connectivity index (χ3n) is 2.80. The predicted molar refractivity (Wildman–Crippen MR) is 71.2 cm³/mol. The molecule has 2 aromatic rings. The number of nitrogens with one attached hydrogen (secondary N) is 1. The van der Waals surface area contributed by atoms with Crippen molar-refractivity contribution in [3.63, 3.8) is 0 Å². The van der Waals surface area contributed by atoms with E-state index in [0.717, 1.165) is 11.1 Å². The second kappa shape index (κ2) is 5.90. The van der Waals surface area contributed by atoms with E-state index in [2.05, 4.69) is 10.1 Å². The summed E-state index contributed by atoms with van der Waals surface area (Å²) in [6.07, 6.45) is 1.30. The van der Waals surface area contributed by atoms with Crippen LogP contribution in [0, 0.1) is 37.4 Å². The van der Waals surface area contributed by atoms with E-state index < -0.39 is 29.2 Å². The number of anilines is 1. The molecule has 1 aromatic heterocycles. The van der Waals surface area contributed by atoms with Crippen LogP contribution >= 0.6 is 0 Å². The smallest absolute Gasteiger partial charge is 0.254 e. The maximum absolute atomic E-state index is 13.3. The van der Waals surface area contributed by atoms with Gasteiger partial charge in [-0.2, -0.15) is 27.6 Å². The molecule has 0 aliphatic carbocycles. The highest BCUT2D eigenvalue weighted by atomic mass is 19.2. The van der Waals surface area contributed by atoms with E-state index in [0.29, 0.717) is 5.56 Å². The van der Waals surface area contributed by atoms with Crippen LogP contribution in [-0.4, -0.2) is 11.2 Å². The van der Waals surface area contributed by atoms with Crippen molar-refractivity contribution in [1.82, 2.24) is 4.98 Å². The molecule has 0 amide bonds. The summed E-state index contributed by atoms with van der Waals surface area (Å²) < 4.78 is 52.4. The van der Waals surface area contributed by atoms with Crippen molar-refractivity contribution >= 4 is 11.9 Å². The molecule has 0 bridgehead atoms. The molecule has 110 valence electrons. The number of aromatic nitrogens is 1. The Morgan fingerprint density at radius 2 is 1.67 bits per heavy atom. The summed E-state index contributed by atoms with van der Waals surface area (Å²) >= 11 is 0. The lowest BCUT2D eigenvalue weighted by Gasteiger charge is -2.05. The van der Waals surface area contributed by atoms with Gasteiger partial charge in [-0.25, -0.2) is 0 Å². The van der Waals surface area contributed by atoms with Gasteiger partial charge in [-0.1, -0.05) is 23.8 Å². The first-order valence-corrected chi connectivity index (χ1v) is 5.96. The summed E-state index contributed by atoms with van der Waals surface area (Å²) in [6.45, 7) is 3.75. The lowest BCUT2D eigenvalue weighted by atomic mass is 10.1. The fourth-order valence-electron chi connectivity index (χ4n) is 1.72. The zero-order valence-corrected chi connectivity index (χ0v) is 11.2. The van der Waals surface area contributed by atoms with Crippen LogP contribution in [0.4, 0.5) is 23.2 Å². The van der Waals surface area contributed by atoms with Gasteiger partial charge in [0.25, 0.3) is 11.9 Å². The highest BCUT2D eigenvalue weighted by molar-refractivity contribution is 5.82. The van der Waals surface area contributed by atoms with Gasteiger partial charge in [-0.05, 0) is 25.0 Å². The number of benzene rings is 1. The Balaban J connectivity index is 2.26. The van der Waals surface area contributed by atoms with Crippen LogP contribution in [0.15, 0.2) is 23.3 Å². The number of pyridine rings is 1. The van der Waals surface area contributed by atoms with Crippen LogP contribution in [0.1, 0.15) is 16.7 Å². The maximum atomic E-state index is 13.3. The van der Waals surface area contributed by atoms with Crippen LogP contribution in [-0.2, 0) is 0 Å². The van der Waals surface area contributed by atoms with Gasteiger partial charge in [0.15, 0.2) is 0 Å². The third-order valence-corrected chi connectivity index (χ3v) is 2.80. The van der Waals surface area contributed by atoms with Gasteiger partial charge in [0, 0.05) is 0 Å². The molecule has 0 radical (unpaired) electrons. The van der Waals surface area contributed by atoms with Crippen molar-refractivity contribution in [3.8, 4) is 0 Å². The number of hydrazone groups is 1. The minimum absolute atomic E-state index is 0.698. The summed E-state index contributed by atoms with van der Waals surface area (Å²) in [6, 6.07) is 5.49. The predicted octanol–water partition coefficient (Wildman–Crippen LogP) is 3.70. The Morgan fingerprint density at radius 3 is 2.24 bits per heavy atom. The first-order chi connectivity index (χ1) is 9.90. The standard InChI is InChI=1S/C14H11F4N3/c1-7-3-4-9(8(2)5-7)6-19-21-12-10(15)13(17)20-14(18)11(12)16/h3-6H,1-2H3,(H,20,21)/b19-6-. The van der Waals surface area contributed by atoms with E-state index >= 15 is 0 Å². The SMILES string of the molecule is Cc1ccc(/C=N\Nc2c(F)c(F)nc(F)c2F)c(C)c1. The second-order valence-corrected chi connectivity index (χ2v) is 4.43. The van der Waals surface area contributed by atoms with Gasteiger partial charge >= 0.3 is 0 Å². The normalized spacial score (nSPS) is 11.1. The molecule has 0 unspecified atom stereocenters. The molecular formula is C14H11F4N3. The van der Waals surface area contributed by atoms with E-state index in [1.54, 1.807) is 6.07 Å². The summed E-state index contributed by atoms with van der Waals surface area (Å²) in [7, 11) is 0. The van der Waals surface area contributed by atoms with E-state index in [4.69, 9.17) is 0 Å². The molecule has 2 rings (SSSR count). The van der Waals surface area contributed by atoms with Crippen LogP contribution in [0.5, 0.6) is 0 Å². The topological polar surface area (TPSA) is 37.3 Å². The number of aryl methyl sites for hydroxylation is 2. The molecule has 7 heteroatoms. The summed E-state index contributed by atoms with van der Waals surface area (Å²) in [4.78, 5) is 2.45. The van der Waals surface area contributed by atoms with Crippen molar-refractivity contribution in [1.29, 1.82) is 0 Å². The highest BCUT2D eigenvalue weighted by Crippen LogP contribution is 2.21. The van der Waals surface area contributed by atoms with Crippen LogP contribution in [0.2, 0.25) is 0 Å². The summed E-state index contributed by atoms with van der Waals surface area (Å²) in [5.74, 6) is -6.74. The molecule has 0 aliphatic rings. The largest absolute Gasteiger partial charge is 0.272 e.